The third-order valence-corrected chi connectivity index (χ3v) is 3.81. The standard InChI is InChI=1S/C13H16ClN3O/c14-13-11(9-16-7-4-10(18)5-8-16)17-6-2-1-3-12(17)15-13/h1-3,6,10,18H,4-5,7-9H2. The van der Waals surface area contributed by atoms with E-state index in [9.17, 15) is 5.11 Å². The fourth-order valence-electron chi connectivity index (χ4n) is 2.45. The van der Waals surface area contributed by atoms with E-state index in [0.717, 1.165) is 43.8 Å². The summed E-state index contributed by atoms with van der Waals surface area (Å²) in [6.45, 7) is 2.62. The lowest BCUT2D eigenvalue weighted by molar-refractivity contribution is 0.0786. The van der Waals surface area contributed by atoms with Gasteiger partial charge in [-0.15, -0.1) is 0 Å². The van der Waals surface area contributed by atoms with Gasteiger partial charge in [0.15, 0.2) is 5.15 Å². The van der Waals surface area contributed by atoms with Gasteiger partial charge in [0, 0.05) is 25.8 Å². The Bertz CT molecular complexity index is 546. The van der Waals surface area contributed by atoms with Crippen molar-refractivity contribution in [1.82, 2.24) is 14.3 Å². The average Bonchev–Trinajstić information content (AvgIpc) is 2.69. The SMILES string of the molecule is OC1CCN(Cc2c(Cl)nc3ccccn23)CC1. The number of aliphatic hydroxyl groups is 1. The highest BCUT2D eigenvalue weighted by Crippen LogP contribution is 2.21. The summed E-state index contributed by atoms with van der Waals surface area (Å²) >= 11 is 6.21. The van der Waals surface area contributed by atoms with Crippen LogP contribution in [0.5, 0.6) is 0 Å². The molecule has 0 atom stereocenters. The van der Waals surface area contributed by atoms with Crippen molar-refractivity contribution in [3.63, 3.8) is 0 Å². The van der Waals surface area contributed by atoms with Gasteiger partial charge in [0.1, 0.15) is 5.65 Å². The molecule has 1 saturated heterocycles. The fourth-order valence-corrected chi connectivity index (χ4v) is 2.69. The molecule has 0 aromatic carbocycles. The van der Waals surface area contributed by atoms with Gasteiger partial charge in [0.05, 0.1) is 11.8 Å². The van der Waals surface area contributed by atoms with Crippen molar-refractivity contribution < 1.29 is 5.11 Å². The molecule has 1 N–H and O–H groups in total. The highest BCUT2D eigenvalue weighted by molar-refractivity contribution is 6.30. The molecule has 0 spiro atoms. The summed E-state index contributed by atoms with van der Waals surface area (Å²) < 4.78 is 2.04. The molecular weight excluding hydrogens is 250 g/mol. The quantitative estimate of drug-likeness (QED) is 0.902. The zero-order valence-electron chi connectivity index (χ0n) is 10.1. The number of halogens is 1. The van der Waals surface area contributed by atoms with Crippen molar-refractivity contribution in [2.24, 2.45) is 0 Å². The molecule has 0 aliphatic carbocycles. The topological polar surface area (TPSA) is 40.8 Å². The van der Waals surface area contributed by atoms with E-state index in [4.69, 9.17) is 11.6 Å². The first-order valence-electron chi connectivity index (χ1n) is 6.26. The van der Waals surface area contributed by atoms with Crippen molar-refractivity contribution in [3.05, 3.63) is 35.2 Å². The summed E-state index contributed by atoms with van der Waals surface area (Å²) in [6, 6.07) is 5.89. The molecule has 3 heterocycles. The Morgan fingerprint density at radius 1 is 1.33 bits per heavy atom. The molecule has 96 valence electrons. The Labute approximate surface area is 111 Å². The van der Waals surface area contributed by atoms with Crippen LogP contribution in [0.3, 0.4) is 0 Å². The molecule has 4 nitrogen and oxygen atoms in total. The molecule has 2 aromatic heterocycles. The maximum atomic E-state index is 9.51. The molecular formula is C13H16ClN3O. The second-order valence-electron chi connectivity index (χ2n) is 4.79. The fraction of sp³-hybridized carbons (Fsp3) is 0.462. The summed E-state index contributed by atoms with van der Waals surface area (Å²) in [5, 5.41) is 10.1. The number of hydrogen-bond acceptors (Lipinski definition) is 3. The van der Waals surface area contributed by atoms with Gasteiger partial charge in [-0.25, -0.2) is 4.98 Å². The van der Waals surface area contributed by atoms with E-state index < -0.39 is 0 Å². The number of imidazole rings is 1. The van der Waals surface area contributed by atoms with E-state index >= 15 is 0 Å². The van der Waals surface area contributed by atoms with Crippen LogP contribution in [0.25, 0.3) is 5.65 Å². The van der Waals surface area contributed by atoms with Crippen molar-refractivity contribution >= 4 is 17.2 Å². The van der Waals surface area contributed by atoms with Crippen molar-refractivity contribution in [3.8, 4) is 0 Å². The lowest BCUT2D eigenvalue weighted by Gasteiger charge is -2.29. The molecule has 3 rings (SSSR count). The molecule has 0 radical (unpaired) electrons. The van der Waals surface area contributed by atoms with Crippen molar-refractivity contribution in [2.45, 2.75) is 25.5 Å². The zero-order valence-corrected chi connectivity index (χ0v) is 10.8. The van der Waals surface area contributed by atoms with Crippen LogP contribution in [0.2, 0.25) is 5.15 Å². The van der Waals surface area contributed by atoms with E-state index in [0.29, 0.717) is 5.15 Å². The molecule has 1 aliphatic rings. The monoisotopic (exact) mass is 265 g/mol. The van der Waals surface area contributed by atoms with Gasteiger partial charge >= 0.3 is 0 Å². The summed E-state index contributed by atoms with van der Waals surface area (Å²) in [6.07, 6.45) is 3.53. The highest BCUT2D eigenvalue weighted by Gasteiger charge is 2.19. The van der Waals surface area contributed by atoms with E-state index in [2.05, 4.69) is 9.88 Å². The van der Waals surface area contributed by atoms with Crippen LogP contribution in [0.1, 0.15) is 18.5 Å². The van der Waals surface area contributed by atoms with Crippen LogP contribution in [-0.2, 0) is 6.54 Å². The highest BCUT2D eigenvalue weighted by atomic mass is 35.5. The van der Waals surface area contributed by atoms with Gasteiger partial charge in [-0.3, -0.25) is 4.90 Å². The van der Waals surface area contributed by atoms with Crippen LogP contribution >= 0.6 is 11.6 Å². The molecule has 0 amide bonds. The Morgan fingerprint density at radius 2 is 2.11 bits per heavy atom. The van der Waals surface area contributed by atoms with Gasteiger partial charge in [-0.2, -0.15) is 0 Å². The van der Waals surface area contributed by atoms with Gasteiger partial charge in [-0.1, -0.05) is 17.7 Å². The number of piperidine rings is 1. The number of hydrogen-bond donors (Lipinski definition) is 1. The Balaban J connectivity index is 1.84. The van der Waals surface area contributed by atoms with Crippen LogP contribution in [0.15, 0.2) is 24.4 Å². The third-order valence-electron chi connectivity index (χ3n) is 3.51. The first-order chi connectivity index (χ1) is 8.74. The van der Waals surface area contributed by atoms with Gasteiger partial charge in [0.2, 0.25) is 0 Å². The largest absolute Gasteiger partial charge is 0.393 e. The maximum absolute atomic E-state index is 9.51. The van der Waals surface area contributed by atoms with Crippen molar-refractivity contribution in [2.75, 3.05) is 13.1 Å². The third kappa shape index (κ3) is 2.23. The summed E-state index contributed by atoms with van der Waals surface area (Å²) in [5.41, 5.74) is 1.92. The lowest BCUT2D eigenvalue weighted by Crippen LogP contribution is -2.35. The maximum Gasteiger partial charge on any atom is 0.152 e. The molecule has 5 heteroatoms. The second kappa shape index (κ2) is 4.88. The number of aliphatic hydroxyl groups excluding tert-OH is 1. The number of aromatic nitrogens is 2. The molecule has 1 aliphatic heterocycles. The summed E-state index contributed by atoms with van der Waals surface area (Å²) in [5.74, 6) is 0. The lowest BCUT2D eigenvalue weighted by atomic mass is 10.1. The number of rotatable bonds is 2. The predicted octanol–water partition coefficient (Wildman–Crippen LogP) is 1.94. The Hall–Kier alpha value is -1.10. The zero-order chi connectivity index (χ0) is 12.5. The van der Waals surface area contributed by atoms with E-state index in [-0.39, 0.29) is 6.10 Å². The Morgan fingerprint density at radius 3 is 2.89 bits per heavy atom. The normalized spacial score (nSPS) is 18.6. The molecule has 0 unspecified atom stereocenters. The Kier molecular flexibility index (Phi) is 3.24. The van der Waals surface area contributed by atoms with Gasteiger partial charge in [0.25, 0.3) is 0 Å². The van der Waals surface area contributed by atoms with Crippen LogP contribution in [-0.4, -0.2) is 38.6 Å². The minimum Gasteiger partial charge on any atom is -0.393 e. The minimum atomic E-state index is -0.140. The van der Waals surface area contributed by atoms with Crippen LogP contribution in [0.4, 0.5) is 0 Å². The van der Waals surface area contributed by atoms with Crippen LogP contribution in [0, 0.1) is 0 Å². The average molecular weight is 266 g/mol. The molecule has 1 fully saturated rings. The van der Waals surface area contributed by atoms with Gasteiger partial charge in [-0.05, 0) is 25.0 Å². The molecule has 2 aromatic rings. The van der Waals surface area contributed by atoms with Gasteiger partial charge < -0.3 is 9.51 Å². The number of nitrogens with zero attached hydrogens (tertiary/aromatic N) is 3. The smallest absolute Gasteiger partial charge is 0.152 e. The molecule has 0 bridgehead atoms. The molecule has 18 heavy (non-hydrogen) atoms. The minimum absolute atomic E-state index is 0.140. The van der Waals surface area contributed by atoms with E-state index in [1.165, 1.54) is 0 Å². The van der Waals surface area contributed by atoms with E-state index in [1.807, 2.05) is 28.8 Å². The second-order valence-corrected chi connectivity index (χ2v) is 5.14. The van der Waals surface area contributed by atoms with E-state index in [1.54, 1.807) is 0 Å². The number of likely N-dealkylation sites (tertiary alicyclic amines) is 1. The number of pyridine rings is 1. The number of fused-ring (bicyclic) bond motifs is 1. The van der Waals surface area contributed by atoms with Crippen molar-refractivity contribution in [1.29, 1.82) is 0 Å². The first kappa shape index (κ1) is 12.0. The van der Waals surface area contributed by atoms with Crippen LogP contribution < -0.4 is 0 Å². The summed E-state index contributed by atoms with van der Waals surface area (Å²) in [7, 11) is 0. The first-order valence-corrected chi connectivity index (χ1v) is 6.64. The summed E-state index contributed by atoms with van der Waals surface area (Å²) in [4.78, 5) is 6.66. The predicted molar refractivity (Wildman–Crippen MR) is 70.7 cm³/mol. The molecule has 0 saturated carbocycles.